The quantitative estimate of drug-likeness (QED) is 0.664. The van der Waals surface area contributed by atoms with E-state index in [1.165, 1.54) is 4.70 Å². The van der Waals surface area contributed by atoms with Crippen LogP contribution < -0.4 is 10.2 Å². The molecule has 3 aromatic rings. The van der Waals surface area contributed by atoms with Crippen molar-refractivity contribution in [1.29, 1.82) is 0 Å². The Bertz CT molecular complexity index is 876. The first kappa shape index (κ1) is 18.0. The van der Waals surface area contributed by atoms with Gasteiger partial charge < -0.3 is 10.2 Å². The summed E-state index contributed by atoms with van der Waals surface area (Å²) in [5.41, 5.74) is 2.98. The molecular formula is C19H21BrN3OS+. The maximum absolute atomic E-state index is 12.4. The van der Waals surface area contributed by atoms with E-state index in [-0.39, 0.29) is 11.9 Å². The van der Waals surface area contributed by atoms with Gasteiger partial charge in [-0.2, -0.15) is 0 Å². The SMILES string of the molecule is Cc1ccc(NC(=O)C[NH+](C)[C@@H](C)c2nc3ccccc3s2)c(Br)c1. The fraction of sp³-hybridized carbons (Fsp3) is 0.263. The minimum Gasteiger partial charge on any atom is -0.322 e. The minimum atomic E-state index is -0.00462. The summed E-state index contributed by atoms with van der Waals surface area (Å²) in [6, 6.07) is 14.2. The molecule has 0 fully saturated rings. The molecule has 2 atom stereocenters. The number of para-hydroxylation sites is 1. The fourth-order valence-electron chi connectivity index (χ4n) is 2.61. The number of nitrogens with zero attached hydrogens (tertiary/aromatic N) is 1. The van der Waals surface area contributed by atoms with E-state index in [1.807, 2.05) is 50.4 Å². The van der Waals surface area contributed by atoms with E-state index in [4.69, 9.17) is 4.98 Å². The number of thiazole rings is 1. The van der Waals surface area contributed by atoms with Gasteiger partial charge in [0.1, 0.15) is 6.04 Å². The Hall–Kier alpha value is -1.76. The van der Waals surface area contributed by atoms with E-state index in [0.717, 1.165) is 31.1 Å². The molecule has 0 aliphatic carbocycles. The highest BCUT2D eigenvalue weighted by Gasteiger charge is 2.22. The van der Waals surface area contributed by atoms with Crippen molar-refractivity contribution in [2.75, 3.05) is 18.9 Å². The van der Waals surface area contributed by atoms with E-state index in [0.29, 0.717) is 6.54 Å². The lowest BCUT2D eigenvalue weighted by Gasteiger charge is -2.19. The number of quaternary nitrogens is 1. The molecule has 2 N–H and O–H groups in total. The van der Waals surface area contributed by atoms with Gasteiger partial charge in [0, 0.05) is 4.47 Å². The van der Waals surface area contributed by atoms with Gasteiger partial charge in [-0.1, -0.05) is 18.2 Å². The van der Waals surface area contributed by atoms with Gasteiger partial charge in [0.15, 0.2) is 11.6 Å². The molecule has 0 saturated heterocycles. The van der Waals surface area contributed by atoms with Gasteiger partial charge in [-0.3, -0.25) is 4.79 Å². The number of amides is 1. The number of hydrogen-bond acceptors (Lipinski definition) is 3. The molecule has 3 rings (SSSR count). The zero-order valence-electron chi connectivity index (χ0n) is 14.5. The Labute approximate surface area is 160 Å². The van der Waals surface area contributed by atoms with E-state index in [1.54, 1.807) is 11.3 Å². The van der Waals surface area contributed by atoms with Gasteiger partial charge in [-0.05, 0) is 59.6 Å². The molecule has 1 heterocycles. The Balaban J connectivity index is 1.66. The molecule has 2 aromatic carbocycles. The number of halogens is 1. The molecule has 0 spiro atoms. The molecule has 0 saturated carbocycles. The first-order valence-electron chi connectivity index (χ1n) is 8.18. The Morgan fingerprint density at radius 3 is 2.80 bits per heavy atom. The molecule has 1 amide bonds. The van der Waals surface area contributed by atoms with Crippen LogP contribution in [0.5, 0.6) is 0 Å². The second kappa shape index (κ2) is 7.64. The average molecular weight is 419 g/mol. The number of benzene rings is 2. The second-order valence-electron chi connectivity index (χ2n) is 6.30. The molecule has 130 valence electrons. The van der Waals surface area contributed by atoms with Crippen molar-refractivity contribution in [3.05, 3.63) is 57.5 Å². The molecule has 4 nitrogen and oxygen atoms in total. The minimum absolute atomic E-state index is 0.00462. The number of nitrogens with one attached hydrogen (secondary N) is 2. The second-order valence-corrected chi connectivity index (χ2v) is 8.21. The number of fused-ring (bicyclic) bond motifs is 1. The van der Waals surface area contributed by atoms with Crippen LogP contribution >= 0.6 is 27.3 Å². The standard InChI is InChI=1S/C19H20BrN3OS/c1-12-8-9-15(14(20)10-12)21-18(24)11-23(3)13(2)19-22-16-6-4-5-7-17(16)25-19/h4-10,13H,11H2,1-3H3,(H,21,24)/p+1/t13-/m0/s1. The normalized spacial score (nSPS) is 13.6. The maximum Gasteiger partial charge on any atom is 0.279 e. The molecular weight excluding hydrogens is 398 g/mol. The summed E-state index contributed by atoms with van der Waals surface area (Å²) in [7, 11) is 2.03. The van der Waals surface area contributed by atoms with Crippen molar-refractivity contribution in [3.8, 4) is 0 Å². The number of rotatable bonds is 5. The fourth-order valence-corrected chi connectivity index (χ4v) is 4.31. The highest BCUT2D eigenvalue weighted by molar-refractivity contribution is 9.10. The Kier molecular flexibility index (Phi) is 5.51. The van der Waals surface area contributed by atoms with Crippen LogP contribution in [0.25, 0.3) is 10.2 Å². The highest BCUT2D eigenvalue weighted by Crippen LogP contribution is 2.25. The van der Waals surface area contributed by atoms with Crippen LogP contribution in [0.3, 0.4) is 0 Å². The van der Waals surface area contributed by atoms with Crippen LogP contribution in [0.4, 0.5) is 5.69 Å². The summed E-state index contributed by atoms with van der Waals surface area (Å²) in [4.78, 5) is 18.2. The van der Waals surface area contributed by atoms with Crippen molar-refractivity contribution in [2.24, 2.45) is 0 Å². The number of carbonyl (C=O) groups excluding carboxylic acids is 1. The number of aromatic nitrogens is 1. The predicted octanol–water partition coefficient (Wildman–Crippen LogP) is 3.58. The lowest BCUT2D eigenvalue weighted by atomic mass is 10.2. The van der Waals surface area contributed by atoms with Crippen molar-refractivity contribution < 1.29 is 9.69 Å². The van der Waals surface area contributed by atoms with Crippen LogP contribution in [-0.4, -0.2) is 24.5 Å². The van der Waals surface area contributed by atoms with Crippen LogP contribution in [0.1, 0.15) is 23.5 Å². The molecule has 0 aliphatic heterocycles. The Morgan fingerprint density at radius 1 is 1.32 bits per heavy atom. The highest BCUT2D eigenvalue weighted by atomic mass is 79.9. The van der Waals surface area contributed by atoms with E-state index >= 15 is 0 Å². The number of likely N-dealkylation sites (N-methyl/N-ethyl adjacent to an activating group) is 1. The average Bonchev–Trinajstić information content (AvgIpc) is 3.00. The van der Waals surface area contributed by atoms with Gasteiger partial charge in [-0.15, -0.1) is 11.3 Å². The van der Waals surface area contributed by atoms with Gasteiger partial charge in [-0.25, -0.2) is 4.98 Å². The van der Waals surface area contributed by atoms with Crippen LogP contribution in [0.15, 0.2) is 46.9 Å². The number of aryl methyl sites for hydroxylation is 1. The maximum atomic E-state index is 12.4. The lowest BCUT2D eigenvalue weighted by molar-refractivity contribution is -0.902. The topological polar surface area (TPSA) is 46.4 Å². The molecule has 1 unspecified atom stereocenters. The molecule has 1 aromatic heterocycles. The molecule has 0 radical (unpaired) electrons. The van der Waals surface area contributed by atoms with Crippen molar-refractivity contribution in [2.45, 2.75) is 19.9 Å². The van der Waals surface area contributed by atoms with Gasteiger partial charge in [0.05, 0.1) is 23.0 Å². The third kappa shape index (κ3) is 4.26. The molecule has 0 bridgehead atoms. The van der Waals surface area contributed by atoms with Crippen LogP contribution in [0.2, 0.25) is 0 Å². The number of anilines is 1. The predicted molar refractivity (Wildman–Crippen MR) is 107 cm³/mol. The van der Waals surface area contributed by atoms with Crippen LogP contribution in [-0.2, 0) is 4.79 Å². The Morgan fingerprint density at radius 2 is 2.08 bits per heavy atom. The summed E-state index contributed by atoms with van der Waals surface area (Å²) in [6.07, 6.45) is 0. The summed E-state index contributed by atoms with van der Waals surface area (Å²) in [5, 5.41) is 4.04. The summed E-state index contributed by atoms with van der Waals surface area (Å²) < 4.78 is 2.09. The first-order valence-corrected chi connectivity index (χ1v) is 9.79. The zero-order valence-corrected chi connectivity index (χ0v) is 16.9. The monoisotopic (exact) mass is 418 g/mol. The van der Waals surface area contributed by atoms with Crippen molar-refractivity contribution in [1.82, 2.24) is 4.98 Å². The third-order valence-corrected chi connectivity index (χ3v) is 6.13. The summed E-state index contributed by atoms with van der Waals surface area (Å²) in [5.74, 6) is -0.00462. The van der Waals surface area contributed by atoms with E-state index in [2.05, 4.69) is 34.2 Å². The van der Waals surface area contributed by atoms with Gasteiger partial charge in [0.2, 0.25) is 0 Å². The van der Waals surface area contributed by atoms with Crippen LogP contribution in [0, 0.1) is 6.92 Å². The summed E-state index contributed by atoms with van der Waals surface area (Å²) >= 11 is 5.19. The zero-order chi connectivity index (χ0) is 18.0. The summed E-state index contributed by atoms with van der Waals surface area (Å²) in [6.45, 7) is 4.52. The third-order valence-electron chi connectivity index (χ3n) is 4.26. The largest absolute Gasteiger partial charge is 0.322 e. The van der Waals surface area contributed by atoms with Gasteiger partial charge >= 0.3 is 0 Å². The molecule has 0 aliphatic rings. The van der Waals surface area contributed by atoms with E-state index in [9.17, 15) is 4.79 Å². The number of carbonyl (C=O) groups is 1. The number of hydrogen-bond donors (Lipinski definition) is 2. The van der Waals surface area contributed by atoms with Crippen molar-refractivity contribution in [3.63, 3.8) is 0 Å². The first-order chi connectivity index (χ1) is 11.9. The lowest BCUT2D eigenvalue weighted by Crippen LogP contribution is -3.10. The van der Waals surface area contributed by atoms with Crippen molar-refractivity contribution >= 4 is 49.1 Å². The smallest absolute Gasteiger partial charge is 0.279 e. The van der Waals surface area contributed by atoms with Gasteiger partial charge in [0.25, 0.3) is 5.91 Å². The molecule has 25 heavy (non-hydrogen) atoms. The van der Waals surface area contributed by atoms with E-state index < -0.39 is 0 Å². The molecule has 6 heteroatoms.